The fraction of sp³-hybridized carbons (Fsp3) is 0.818. The number of aliphatic carboxylic acids is 1. The van der Waals surface area contributed by atoms with E-state index in [1.165, 1.54) is 0 Å². The van der Waals surface area contributed by atoms with E-state index in [0.29, 0.717) is 12.8 Å². The Morgan fingerprint density at radius 1 is 1.33 bits per heavy atom. The molecule has 1 N–H and O–H groups in total. The van der Waals surface area contributed by atoms with E-state index in [1.54, 1.807) is 0 Å². The number of halogens is 3. The van der Waals surface area contributed by atoms with Crippen LogP contribution in [0.5, 0.6) is 0 Å². The zero-order valence-corrected chi connectivity index (χ0v) is 10.3. The van der Waals surface area contributed by atoms with Gasteiger partial charge in [-0.05, 0) is 12.8 Å². The third-order valence-corrected chi connectivity index (χ3v) is 3.22. The van der Waals surface area contributed by atoms with Crippen LogP contribution in [0, 0.1) is 5.41 Å². The zero-order valence-electron chi connectivity index (χ0n) is 10.3. The minimum Gasteiger partial charge on any atom is -0.480 e. The van der Waals surface area contributed by atoms with Crippen LogP contribution in [0.4, 0.5) is 13.2 Å². The van der Waals surface area contributed by atoms with Crippen LogP contribution in [0.25, 0.3) is 0 Å². The molecule has 7 heteroatoms. The molecule has 0 aromatic carbocycles. The minimum atomic E-state index is -4.49. The van der Waals surface area contributed by atoms with Crippen molar-refractivity contribution in [3.63, 3.8) is 0 Å². The molecule has 0 aliphatic carbocycles. The lowest BCUT2D eigenvalue weighted by molar-refractivity contribution is -0.215. The Morgan fingerprint density at radius 3 is 2.33 bits per heavy atom. The van der Waals surface area contributed by atoms with Crippen molar-refractivity contribution in [3.8, 4) is 0 Å². The molecule has 1 unspecified atom stereocenters. The Balaban J connectivity index is 2.74. The van der Waals surface area contributed by atoms with E-state index in [2.05, 4.69) is 0 Å². The Kier molecular flexibility index (Phi) is 3.92. The second kappa shape index (κ2) is 4.78. The highest BCUT2D eigenvalue weighted by Gasteiger charge is 2.49. The van der Waals surface area contributed by atoms with Crippen LogP contribution >= 0.6 is 0 Å². The Bertz CT molecular complexity index is 352. The summed E-state index contributed by atoms with van der Waals surface area (Å²) in [5.74, 6) is -1.91. The van der Waals surface area contributed by atoms with Crippen molar-refractivity contribution >= 4 is 11.9 Å². The largest absolute Gasteiger partial charge is 0.480 e. The molecule has 0 saturated carbocycles. The van der Waals surface area contributed by atoms with Crippen LogP contribution in [-0.4, -0.2) is 40.6 Å². The molecule has 1 atom stereocenters. The first kappa shape index (κ1) is 14.8. The monoisotopic (exact) mass is 267 g/mol. The summed E-state index contributed by atoms with van der Waals surface area (Å²) in [6.45, 7) is 2.09. The highest BCUT2D eigenvalue weighted by molar-refractivity contribution is 5.84. The molecular formula is C11H16F3NO3. The van der Waals surface area contributed by atoms with Crippen molar-refractivity contribution in [3.05, 3.63) is 0 Å². The normalized spacial score (nSPS) is 21.2. The molecule has 0 aromatic rings. The number of amides is 1. The average Bonchev–Trinajstić information content (AvgIpc) is 2.62. The van der Waals surface area contributed by atoms with E-state index in [4.69, 9.17) is 5.11 Å². The van der Waals surface area contributed by atoms with E-state index in [0.717, 1.165) is 18.7 Å². The maximum atomic E-state index is 12.6. The Labute approximate surface area is 103 Å². The Morgan fingerprint density at radius 2 is 1.89 bits per heavy atom. The van der Waals surface area contributed by atoms with Crippen molar-refractivity contribution < 1.29 is 27.9 Å². The van der Waals surface area contributed by atoms with Gasteiger partial charge < -0.3 is 10.0 Å². The van der Waals surface area contributed by atoms with Gasteiger partial charge in [0.2, 0.25) is 5.91 Å². The van der Waals surface area contributed by atoms with Gasteiger partial charge >= 0.3 is 12.1 Å². The van der Waals surface area contributed by atoms with Crippen LogP contribution in [-0.2, 0) is 9.59 Å². The van der Waals surface area contributed by atoms with Gasteiger partial charge in [-0.3, -0.25) is 4.79 Å². The topological polar surface area (TPSA) is 57.6 Å². The predicted octanol–water partition coefficient (Wildman–Crippen LogP) is 2.04. The minimum absolute atomic E-state index is 0.212. The number of carbonyl (C=O) groups is 2. The molecule has 1 aliphatic heterocycles. The number of carboxylic acids is 1. The van der Waals surface area contributed by atoms with Gasteiger partial charge in [0.05, 0.1) is 5.41 Å². The summed E-state index contributed by atoms with van der Waals surface area (Å²) in [4.78, 5) is 23.7. The number of hydrogen-bond acceptors (Lipinski definition) is 2. The lowest BCUT2D eigenvalue weighted by Crippen LogP contribution is -2.44. The van der Waals surface area contributed by atoms with Crippen LogP contribution in [0.1, 0.15) is 33.1 Å². The van der Waals surface area contributed by atoms with Crippen LogP contribution < -0.4 is 0 Å². The standard InChI is InChI=1S/C11H16F3NO3/c1-10(2,11(12,13)14)6-8(16)15-5-3-4-7(15)9(17)18/h7H,3-6H2,1-2H3,(H,17,18). The van der Waals surface area contributed by atoms with Gasteiger partial charge in [0.15, 0.2) is 0 Å². The van der Waals surface area contributed by atoms with E-state index in [-0.39, 0.29) is 6.54 Å². The molecule has 1 amide bonds. The molecule has 1 heterocycles. The van der Waals surface area contributed by atoms with E-state index in [1.807, 2.05) is 0 Å². The predicted molar refractivity (Wildman–Crippen MR) is 56.8 cm³/mol. The number of alkyl halides is 3. The third kappa shape index (κ3) is 2.94. The van der Waals surface area contributed by atoms with Gasteiger partial charge in [0, 0.05) is 13.0 Å². The smallest absolute Gasteiger partial charge is 0.394 e. The summed E-state index contributed by atoms with van der Waals surface area (Å²) in [6, 6.07) is -0.985. The van der Waals surface area contributed by atoms with E-state index < -0.39 is 35.9 Å². The van der Waals surface area contributed by atoms with E-state index in [9.17, 15) is 22.8 Å². The summed E-state index contributed by atoms with van der Waals surface area (Å²) >= 11 is 0. The molecular weight excluding hydrogens is 251 g/mol. The lowest BCUT2D eigenvalue weighted by atomic mass is 9.88. The van der Waals surface area contributed by atoms with Gasteiger partial charge in [0.25, 0.3) is 0 Å². The van der Waals surface area contributed by atoms with Gasteiger partial charge in [0.1, 0.15) is 6.04 Å². The van der Waals surface area contributed by atoms with Crippen molar-refractivity contribution in [2.75, 3.05) is 6.54 Å². The zero-order chi connectivity index (χ0) is 14.1. The number of nitrogens with zero attached hydrogens (tertiary/aromatic N) is 1. The molecule has 4 nitrogen and oxygen atoms in total. The lowest BCUT2D eigenvalue weighted by Gasteiger charge is -2.30. The Hall–Kier alpha value is -1.27. The number of likely N-dealkylation sites (tertiary alicyclic amines) is 1. The number of hydrogen-bond donors (Lipinski definition) is 1. The molecule has 18 heavy (non-hydrogen) atoms. The third-order valence-electron chi connectivity index (χ3n) is 3.22. The van der Waals surface area contributed by atoms with Crippen LogP contribution in [0.2, 0.25) is 0 Å². The maximum Gasteiger partial charge on any atom is 0.394 e. The molecule has 1 aliphatic rings. The molecule has 1 saturated heterocycles. The average molecular weight is 267 g/mol. The van der Waals surface area contributed by atoms with E-state index >= 15 is 0 Å². The highest BCUT2D eigenvalue weighted by atomic mass is 19.4. The molecule has 1 rings (SSSR count). The summed E-state index contributed by atoms with van der Waals surface area (Å²) in [7, 11) is 0. The van der Waals surface area contributed by atoms with Crippen molar-refractivity contribution in [2.45, 2.75) is 45.3 Å². The fourth-order valence-corrected chi connectivity index (χ4v) is 1.90. The molecule has 0 aromatic heterocycles. The number of carboxylic acid groups (broad SMARTS) is 1. The van der Waals surface area contributed by atoms with Crippen LogP contribution in [0.15, 0.2) is 0 Å². The van der Waals surface area contributed by atoms with Crippen LogP contribution in [0.3, 0.4) is 0 Å². The second-order valence-corrected chi connectivity index (χ2v) is 5.14. The molecule has 0 bridgehead atoms. The first-order valence-electron chi connectivity index (χ1n) is 5.65. The number of rotatable bonds is 3. The van der Waals surface area contributed by atoms with Crippen molar-refractivity contribution in [1.29, 1.82) is 0 Å². The maximum absolute atomic E-state index is 12.6. The van der Waals surface area contributed by atoms with Crippen molar-refractivity contribution in [1.82, 2.24) is 4.90 Å². The summed E-state index contributed by atoms with van der Waals surface area (Å²) in [5.41, 5.74) is -2.14. The fourth-order valence-electron chi connectivity index (χ4n) is 1.90. The van der Waals surface area contributed by atoms with Crippen molar-refractivity contribution in [2.24, 2.45) is 5.41 Å². The molecule has 104 valence electrons. The summed E-state index contributed by atoms with van der Waals surface area (Å²) in [6.07, 6.45) is -4.40. The molecule has 0 spiro atoms. The quantitative estimate of drug-likeness (QED) is 0.851. The molecule has 1 fully saturated rings. The number of carbonyl (C=O) groups excluding carboxylic acids is 1. The van der Waals surface area contributed by atoms with Gasteiger partial charge in [-0.25, -0.2) is 4.79 Å². The SMILES string of the molecule is CC(C)(CC(=O)N1CCCC1C(=O)O)C(F)(F)F. The van der Waals surface area contributed by atoms with Gasteiger partial charge in [-0.1, -0.05) is 13.8 Å². The summed E-state index contributed by atoms with van der Waals surface area (Å²) < 4.78 is 37.9. The molecule has 0 radical (unpaired) electrons. The van der Waals surface area contributed by atoms with Gasteiger partial charge in [-0.15, -0.1) is 0 Å². The first-order chi connectivity index (χ1) is 8.06. The highest BCUT2D eigenvalue weighted by Crippen LogP contribution is 2.41. The second-order valence-electron chi connectivity index (χ2n) is 5.14. The first-order valence-corrected chi connectivity index (χ1v) is 5.65. The summed E-state index contributed by atoms with van der Waals surface area (Å²) in [5, 5.41) is 8.87. The van der Waals surface area contributed by atoms with Gasteiger partial charge in [-0.2, -0.15) is 13.2 Å².